The Hall–Kier alpha value is -1.30. The fraction of sp³-hybridized carbons (Fsp3) is 0.591. The molecule has 2 aromatic rings. The van der Waals surface area contributed by atoms with Crippen molar-refractivity contribution in [3.05, 3.63) is 54.1 Å². The summed E-state index contributed by atoms with van der Waals surface area (Å²) < 4.78 is 2.29. The van der Waals surface area contributed by atoms with Crippen molar-refractivity contribution in [2.24, 2.45) is 5.41 Å². The van der Waals surface area contributed by atoms with Gasteiger partial charge in [0.25, 0.3) is 0 Å². The fourth-order valence-electron chi connectivity index (χ4n) is 4.56. The van der Waals surface area contributed by atoms with Gasteiger partial charge in [0.05, 0.1) is 6.54 Å². The lowest BCUT2D eigenvalue weighted by Crippen LogP contribution is -2.37. The molecule has 0 amide bonds. The zero-order valence-electron chi connectivity index (χ0n) is 16.4. The maximum Gasteiger partial charge on any atom is 0.122 e. The Morgan fingerprint density at radius 2 is 2.07 bits per heavy atom. The lowest BCUT2D eigenvalue weighted by Gasteiger charge is -2.29. The second kappa shape index (κ2) is 8.80. The molecule has 1 unspecified atom stereocenters. The van der Waals surface area contributed by atoms with Crippen LogP contribution in [-0.2, 0) is 18.8 Å². The van der Waals surface area contributed by atoms with Gasteiger partial charge in [0, 0.05) is 43.0 Å². The van der Waals surface area contributed by atoms with Crippen molar-refractivity contribution in [1.82, 2.24) is 19.8 Å². The summed E-state index contributed by atoms with van der Waals surface area (Å²) in [5, 5.41) is 3.54. The minimum Gasteiger partial charge on any atom is -0.334 e. The normalized spacial score (nSPS) is 21.0. The minimum absolute atomic E-state index is 0.582. The number of piperidine rings is 1. The van der Waals surface area contributed by atoms with Gasteiger partial charge in [-0.1, -0.05) is 30.3 Å². The van der Waals surface area contributed by atoms with Gasteiger partial charge in [-0.3, -0.25) is 4.90 Å². The molecule has 1 saturated heterocycles. The van der Waals surface area contributed by atoms with E-state index in [1.807, 2.05) is 6.20 Å². The third-order valence-corrected chi connectivity index (χ3v) is 7.32. The van der Waals surface area contributed by atoms with Gasteiger partial charge in [0.2, 0.25) is 0 Å². The van der Waals surface area contributed by atoms with Crippen LogP contribution in [0.2, 0.25) is 0 Å². The number of nitrogens with zero attached hydrogens (tertiary/aromatic N) is 3. The molecule has 4 rings (SSSR count). The molecule has 1 aromatic carbocycles. The number of aromatic nitrogens is 2. The molecule has 1 aromatic heterocycles. The number of aryl methyl sites for hydroxylation is 1. The van der Waals surface area contributed by atoms with Gasteiger partial charge in [-0.05, 0) is 50.3 Å². The van der Waals surface area contributed by atoms with Crippen molar-refractivity contribution in [2.75, 3.05) is 25.4 Å². The molecule has 1 atom stereocenters. The lowest BCUT2D eigenvalue weighted by molar-refractivity contribution is 0.199. The number of rotatable bonds is 9. The third kappa shape index (κ3) is 4.58. The Bertz CT molecular complexity index is 708. The Kier molecular flexibility index (Phi) is 6.21. The van der Waals surface area contributed by atoms with Crippen LogP contribution in [0.5, 0.6) is 0 Å². The van der Waals surface area contributed by atoms with Crippen LogP contribution in [-0.4, -0.2) is 45.9 Å². The predicted octanol–water partition coefficient (Wildman–Crippen LogP) is 3.78. The topological polar surface area (TPSA) is 33.1 Å². The molecular formula is C22H32N4S. The Balaban J connectivity index is 1.36. The van der Waals surface area contributed by atoms with Crippen LogP contribution in [0, 0.1) is 5.41 Å². The van der Waals surface area contributed by atoms with E-state index in [1.165, 1.54) is 49.5 Å². The zero-order chi connectivity index (χ0) is 18.5. The molecule has 1 aliphatic carbocycles. The molecular weight excluding hydrogens is 352 g/mol. The van der Waals surface area contributed by atoms with E-state index in [-0.39, 0.29) is 0 Å². The van der Waals surface area contributed by atoms with Crippen LogP contribution in [0.25, 0.3) is 0 Å². The van der Waals surface area contributed by atoms with Crippen LogP contribution in [0.3, 0.4) is 0 Å². The molecule has 1 spiro atoms. The van der Waals surface area contributed by atoms with Gasteiger partial charge in [-0.2, -0.15) is 11.8 Å². The van der Waals surface area contributed by atoms with E-state index in [1.54, 1.807) is 0 Å². The molecule has 1 N–H and O–H groups in total. The molecule has 2 heterocycles. The van der Waals surface area contributed by atoms with Gasteiger partial charge < -0.3 is 9.88 Å². The van der Waals surface area contributed by atoms with Gasteiger partial charge >= 0.3 is 0 Å². The van der Waals surface area contributed by atoms with E-state index >= 15 is 0 Å². The van der Waals surface area contributed by atoms with Gasteiger partial charge in [-0.15, -0.1) is 0 Å². The van der Waals surface area contributed by atoms with E-state index in [9.17, 15) is 0 Å². The quantitative estimate of drug-likeness (QED) is 0.667. The zero-order valence-corrected chi connectivity index (χ0v) is 17.3. The Morgan fingerprint density at radius 1 is 1.26 bits per heavy atom. The van der Waals surface area contributed by atoms with E-state index < -0.39 is 0 Å². The predicted molar refractivity (Wildman–Crippen MR) is 114 cm³/mol. The number of hydrogen-bond donors (Lipinski definition) is 1. The van der Waals surface area contributed by atoms with Crippen molar-refractivity contribution in [3.8, 4) is 0 Å². The number of nitrogens with one attached hydrogen (secondary N) is 1. The first kappa shape index (κ1) is 19.0. The summed E-state index contributed by atoms with van der Waals surface area (Å²) in [6.45, 7) is 7.75. The summed E-state index contributed by atoms with van der Waals surface area (Å²) in [7, 11) is 0. The highest BCUT2D eigenvalue weighted by Crippen LogP contribution is 2.56. The van der Waals surface area contributed by atoms with Gasteiger partial charge in [0.15, 0.2) is 0 Å². The van der Waals surface area contributed by atoms with Crippen molar-refractivity contribution >= 4 is 11.8 Å². The summed E-state index contributed by atoms with van der Waals surface area (Å²) in [6, 6.07) is 11.6. The second-order valence-corrected chi connectivity index (χ2v) is 9.08. The average molecular weight is 385 g/mol. The molecule has 0 radical (unpaired) electrons. The minimum atomic E-state index is 0.582. The van der Waals surface area contributed by atoms with E-state index in [0.29, 0.717) is 5.41 Å². The monoisotopic (exact) mass is 384 g/mol. The molecule has 0 bridgehead atoms. The first-order valence-corrected chi connectivity index (χ1v) is 11.5. The lowest BCUT2D eigenvalue weighted by atomic mass is 9.93. The Morgan fingerprint density at radius 3 is 2.85 bits per heavy atom. The molecule has 5 heteroatoms. The summed E-state index contributed by atoms with van der Waals surface area (Å²) in [4.78, 5) is 7.38. The first-order valence-electron chi connectivity index (χ1n) is 10.4. The first-order chi connectivity index (χ1) is 13.3. The highest BCUT2D eigenvalue weighted by molar-refractivity contribution is 7.98. The maximum absolute atomic E-state index is 4.65. The van der Waals surface area contributed by atoms with E-state index in [0.717, 1.165) is 31.4 Å². The number of benzene rings is 1. The van der Waals surface area contributed by atoms with Crippen molar-refractivity contribution < 1.29 is 0 Å². The summed E-state index contributed by atoms with van der Waals surface area (Å²) in [6.07, 6.45) is 8.13. The highest BCUT2D eigenvalue weighted by Gasteiger charge is 2.56. The van der Waals surface area contributed by atoms with Crippen LogP contribution >= 0.6 is 11.8 Å². The van der Waals surface area contributed by atoms with E-state index in [4.69, 9.17) is 0 Å². The number of hydrogen-bond acceptors (Lipinski definition) is 4. The SMILES string of the molecule is CCn1ccnc1CN(CCSCc1ccccc1)C1CC12CCNCC2. The molecule has 2 fully saturated rings. The highest BCUT2D eigenvalue weighted by atomic mass is 32.2. The molecule has 1 saturated carbocycles. The second-order valence-electron chi connectivity index (χ2n) is 7.97. The molecule has 27 heavy (non-hydrogen) atoms. The van der Waals surface area contributed by atoms with Gasteiger partial charge in [0.1, 0.15) is 5.82 Å². The largest absolute Gasteiger partial charge is 0.334 e. The van der Waals surface area contributed by atoms with Crippen LogP contribution < -0.4 is 5.32 Å². The van der Waals surface area contributed by atoms with Crippen LogP contribution in [0.4, 0.5) is 0 Å². The maximum atomic E-state index is 4.65. The standard InChI is InChI=1S/C22H32N4S/c1-2-25-13-12-24-21(25)17-26(20-16-22(20)8-10-23-11-9-22)14-15-27-18-19-6-4-3-5-7-19/h3-7,12-13,20,23H,2,8-11,14-18H2,1H3. The van der Waals surface area contributed by atoms with Crippen LogP contribution in [0.15, 0.2) is 42.7 Å². The molecule has 2 aliphatic rings. The number of thioether (sulfide) groups is 1. The molecule has 146 valence electrons. The van der Waals surface area contributed by atoms with Crippen LogP contribution in [0.1, 0.15) is 37.6 Å². The molecule has 4 nitrogen and oxygen atoms in total. The number of imidazole rings is 1. The summed E-state index contributed by atoms with van der Waals surface area (Å²) in [5.74, 6) is 3.52. The van der Waals surface area contributed by atoms with Crippen molar-refractivity contribution in [1.29, 1.82) is 0 Å². The van der Waals surface area contributed by atoms with Gasteiger partial charge in [-0.25, -0.2) is 4.98 Å². The Labute approximate surface area is 167 Å². The van der Waals surface area contributed by atoms with Crippen molar-refractivity contribution in [3.63, 3.8) is 0 Å². The average Bonchev–Trinajstić information content (AvgIpc) is 3.19. The fourth-order valence-corrected chi connectivity index (χ4v) is 5.49. The third-order valence-electron chi connectivity index (χ3n) is 6.31. The van der Waals surface area contributed by atoms with Crippen molar-refractivity contribution in [2.45, 2.75) is 51.1 Å². The summed E-state index contributed by atoms with van der Waals surface area (Å²) >= 11 is 2.06. The smallest absolute Gasteiger partial charge is 0.122 e. The molecule has 1 aliphatic heterocycles. The van der Waals surface area contributed by atoms with E-state index in [2.05, 4.69) is 75.0 Å². The summed E-state index contributed by atoms with van der Waals surface area (Å²) in [5.41, 5.74) is 2.01.